The zero-order chi connectivity index (χ0) is 20.8. The van der Waals surface area contributed by atoms with E-state index in [-0.39, 0.29) is 12.7 Å². The van der Waals surface area contributed by atoms with Gasteiger partial charge in [-0.25, -0.2) is 4.98 Å². The van der Waals surface area contributed by atoms with Crippen LogP contribution in [0.5, 0.6) is 11.5 Å². The summed E-state index contributed by atoms with van der Waals surface area (Å²) in [6.07, 6.45) is 0. The highest BCUT2D eigenvalue weighted by molar-refractivity contribution is 5.98. The standard InChI is InChI=1S/C23H17N5O3/c29-23(24-11-13-5-8-19-20(9-13)31-12-30-19)14-6-7-17-18(10-14)26-22(25-17)21-15-3-1-2-4-16(15)27-28-21/h1-10H,11-12H2,(H,24,29)(H,25,26)(H,27,28). The molecule has 0 saturated heterocycles. The number of rotatable bonds is 4. The summed E-state index contributed by atoms with van der Waals surface area (Å²) in [6, 6.07) is 18.9. The third kappa shape index (κ3) is 3.05. The third-order valence-corrected chi connectivity index (χ3v) is 5.33. The summed E-state index contributed by atoms with van der Waals surface area (Å²) in [4.78, 5) is 20.6. The van der Waals surface area contributed by atoms with Crippen molar-refractivity contribution in [3.05, 3.63) is 71.8 Å². The van der Waals surface area contributed by atoms with Gasteiger partial charge in [-0.3, -0.25) is 9.89 Å². The highest BCUT2D eigenvalue weighted by atomic mass is 16.7. The van der Waals surface area contributed by atoms with E-state index in [2.05, 4.69) is 25.5 Å². The quantitative estimate of drug-likeness (QED) is 0.418. The molecule has 0 spiro atoms. The van der Waals surface area contributed by atoms with Gasteiger partial charge in [0.1, 0.15) is 5.69 Å². The molecule has 6 rings (SSSR count). The normalized spacial score (nSPS) is 12.5. The van der Waals surface area contributed by atoms with Crippen LogP contribution in [0.2, 0.25) is 0 Å². The number of fused-ring (bicyclic) bond motifs is 3. The second kappa shape index (κ2) is 6.88. The molecule has 1 aliphatic heterocycles. The van der Waals surface area contributed by atoms with Gasteiger partial charge in [-0.1, -0.05) is 24.3 Å². The van der Waals surface area contributed by atoms with E-state index in [0.717, 1.165) is 38.9 Å². The number of H-pyrrole nitrogens is 2. The van der Waals surface area contributed by atoms with Gasteiger partial charge in [-0.05, 0) is 42.0 Å². The van der Waals surface area contributed by atoms with Crippen LogP contribution in [0.25, 0.3) is 33.5 Å². The topological polar surface area (TPSA) is 105 Å². The Morgan fingerprint density at radius 2 is 1.90 bits per heavy atom. The molecule has 0 radical (unpaired) electrons. The van der Waals surface area contributed by atoms with Gasteiger partial charge in [0.05, 0.1) is 16.6 Å². The molecule has 31 heavy (non-hydrogen) atoms. The minimum absolute atomic E-state index is 0.166. The molecule has 0 saturated carbocycles. The highest BCUT2D eigenvalue weighted by Crippen LogP contribution is 2.32. The number of carbonyl (C=O) groups excluding carboxylic acids is 1. The summed E-state index contributed by atoms with van der Waals surface area (Å²) in [5.41, 5.74) is 4.73. The fraction of sp³-hybridized carbons (Fsp3) is 0.0870. The fourth-order valence-electron chi connectivity index (χ4n) is 3.74. The number of benzene rings is 3. The highest BCUT2D eigenvalue weighted by Gasteiger charge is 2.15. The molecule has 2 aromatic heterocycles. The van der Waals surface area contributed by atoms with Crippen LogP contribution in [-0.4, -0.2) is 32.9 Å². The van der Waals surface area contributed by atoms with E-state index < -0.39 is 0 Å². The lowest BCUT2D eigenvalue weighted by molar-refractivity contribution is 0.0951. The number of amides is 1. The molecule has 152 valence electrons. The number of hydrogen-bond donors (Lipinski definition) is 3. The number of ether oxygens (including phenoxy) is 2. The molecule has 1 aliphatic rings. The predicted octanol–water partition coefficient (Wildman–Crippen LogP) is 3.76. The van der Waals surface area contributed by atoms with Gasteiger partial charge in [-0.15, -0.1) is 0 Å². The molecule has 5 aromatic rings. The lowest BCUT2D eigenvalue weighted by Gasteiger charge is -2.06. The zero-order valence-electron chi connectivity index (χ0n) is 16.3. The van der Waals surface area contributed by atoms with Crippen LogP contribution in [0.4, 0.5) is 0 Å². The second-order valence-electron chi connectivity index (χ2n) is 7.31. The first-order chi connectivity index (χ1) is 15.2. The van der Waals surface area contributed by atoms with Crippen molar-refractivity contribution in [1.82, 2.24) is 25.5 Å². The lowest BCUT2D eigenvalue weighted by Crippen LogP contribution is -2.22. The molecule has 8 nitrogen and oxygen atoms in total. The number of imidazole rings is 1. The van der Waals surface area contributed by atoms with E-state index in [1.165, 1.54) is 0 Å². The minimum Gasteiger partial charge on any atom is -0.454 e. The van der Waals surface area contributed by atoms with Crippen molar-refractivity contribution in [2.24, 2.45) is 0 Å². The van der Waals surface area contributed by atoms with Crippen molar-refractivity contribution in [2.75, 3.05) is 6.79 Å². The maximum Gasteiger partial charge on any atom is 0.251 e. The molecule has 0 atom stereocenters. The molecule has 0 bridgehead atoms. The van der Waals surface area contributed by atoms with Gasteiger partial charge < -0.3 is 19.8 Å². The van der Waals surface area contributed by atoms with Gasteiger partial charge in [0.15, 0.2) is 17.3 Å². The van der Waals surface area contributed by atoms with Crippen molar-refractivity contribution in [2.45, 2.75) is 6.54 Å². The minimum atomic E-state index is -0.166. The van der Waals surface area contributed by atoms with Crippen LogP contribution in [0.15, 0.2) is 60.7 Å². The van der Waals surface area contributed by atoms with Crippen LogP contribution in [0, 0.1) is 0 Å². The van der Waals surface area contributed by atoms with Gasteiger partial charge >= 0.3 is 0 Å². The van der Waals surface area contributed by atoms with Crippen LogP contribution in [-0.2, 0) is 6.54 Å². The molecular formula is C23H17N5O3. The summed E-state index contributed by atoms with van der Waals surface area (Å²) in [5.74, 6) is 1.91. The number of hydrogen-bond acceptors (Lipinski definition) is 5. The molecule has 0 aliphatic carbocycles. The van der Waals surface area contributed by atoms with Crippen LogP contribution in [0.1, 0.15) is 15.9 Å². The first kappa shape index (κ1) is 17.5. The van der Waals surface area contributed by atoms with Crippen molar-refractivity contribution in [1.29, 1.82) is 0 Å². The Balaban J connectivity index is 1.24. The fourth-order valence-corrected chi connectivity index (χ4v) is 3.74. The van der Waals surface area contributed by atoms with Crippen molar-refractivity contribution >= 4 is 27.8 Å². The van der Waals surface area contributed by atoms with Crippen LogP contribution >= 0.6 is 0 Å². The lowest BCUT2D eigenvalue weighted by atomic mass is 10.1. The zero-order valence-corrected chi connectivity index (χ0v) is 16.3. The van der Waals surface area contributed by atoms with Gasteiger partial charge in [0, 0.05) is 17.5 Å². The van der Waals surface area contributed by atoms with Crippen LogP contribution < -0.4 is 14.8 Å². The molecule has 3 aromatic carbocycles. The number of aromatic amines is 2. The first-order valence-electron chi connectivity index (χ1n) is 9.84. The summed E-state index contributed by atoms with van der Waals surface area (Å²) >= 11 is 0. The van der Waals surface area contributed by atoms with Crippen LogP contribution in [0.3, 0.4) is 0 Å². The Morgan fingerprint density at radius 3 is 2.87 bits per heavy atom. The summed E-state index contributed by atoms with van der Waals surface area (Å²) in [7, 11) is 0. The maximum atomic E-state index is 12.7. The Morgan fingerprint density at radius 1 is 1.00 bits per heavy atom. The Hall–Kier alpha value is -4.33. The van der Waals surface area contributed by atoms with Crippen molar-refractivity contribution in [3.63, 3.8) is 0 Å². The average Bonchev–Trinajstić information content (AvgIpc) is 3.53. The molecule has 1 amide bonds. The van der Waals surface area contributed by atoms with E-state index >= 15 is 0 Å². The maximum absolute atomic E-state index is 12.7. The van der Waals surface area contributed by atoms with Crippen molar-refractivity contribution in [3.8, 4) is 23.0 Å². The van der Waals surface area contributed by atoms with Gasteiger partial charge in [-0.2, -0.15) is 5.10 Å². The largest absolute Gasteiger partial charge is 0.454 e. The first-order valence-corrected chi connectivity index (χ1v) is 9.84. The molecule has 0 fully saturated rings. The Kier molecular flexibility index (Phi) is 3.89. The van der Waals surface area contributed by atoms with Gasteiger partial charge in [0.25, 0.3) is 5.91 Å². The number of carbonyl (C=O) groups is 1. The Bertz CT molecular complexity index is 1450. The number of nitrogens with one attached hydrogen (secondary N) is 3. The molecule has 8 heteroatoms. The van der Waals surface area contributed by atoms with Crippen molar-refractivity contribution < 1.29 is 14.3 Å². The summed E-state index contributed by atoms with van der Waals surface area (Å²) < 4.78 is 10.7. The number of aromatic nitrogens is 4. The predicted molar refractivity (Wildman–Crippen MR) is 115 cm³/mol. The number of para-hydroxylation sites is 1. The third-order valence-electron chi connectivity index (χ3n) is 5.33. The average molecular weight is 411 g/mol. The number of nitrogens with zero attached hydrogens (tertiary/aromatic N) is 2. The monoisotopic (exact) mass is 411 g/mol. The van der Waals surface area contributed by atoms with E-state index in [1.807, 2.05) is 48.5 Å². The van der Waals surface area contributed by atoms with E-state index in [1.54, 1.807) is 12.1 Å². The SMILES string of the molecule is O=C(NCc1ccc2c(c1)OCO2)c1ccc2nc(-c3n[nH]c4ccccc34)[nH]c2c1. The molecule has 0 unspecified atom stereocenters. The second-order valence-corrected chi connectivity index (χ2v) is 7.31. The van der Waals surface area contributed by atoms with E-state index in [9.17, 15) is 4.79 Å². The molecular weight excluding hydrogens is 394 g/mol. The summed E-state index contributed by atoms with van der Waals surface area (Å²) in [6.45, 7) is 0.617. The Labute approximate surface area is 176 Å². The van der Waals surface area contributed by atoms with E-state index in [0.29, 0.717) is 23.7 Å². The van der Waals surface area contributed by atoms with Gasteiger partial charge in [0.2, 0.25) is 6.79 Å². The molecule has 3 heterocycles. The van der Waals surface area contributed by atoms with E-state index in [4.69, 9.17) is 9.47 Å². The smallest absolute Gasteiger partial charge is 0.251 e. The molecule has 3 N–H and O–H groups in total. The summed E-state index contributed by atoms with van der Waals surface area (Å²) in [5, 5.41) is 11.3.